The largest absolute Gasteiger partial charge is 0.396 e. The van der Waals surface area contributed by atoms with E-state index in [1.54, 1.807) is 0 Å². The Morgan fingerprint density at radius 1 is 0.867 bits per heavy atom. The van der Waals surface area contributed by atoms with Gasteiger partial charge in [0.25, 0.3) is 0 Å². The molecule has 0 saturated heterocycles. The van der Waals surface area contributed by atoms with Gasteiger partial charge in [0.05, 0.1) is 11.4 Å². The molecule has 5 heteroatoms. The van der Waals surface area contributed by atoms with Crippen LogP contribution in [0.2, 0.25) is 0 Å². The zero-order valence-electron chi connectivity index (χ0n) is 7.86. The van der Waals surface area contributed by atoms with Gasteiger partial charge in [0.1, 0.15) is 11.0 Å². The predicted molar refractivity (Wildman–Crippen MR) is 60.2 cm³/mol. The second-order valence-electron chi connectivity index (χ2n) is 3.39. The van der Waals surface area contributed by atoms with Gasteiger partial charge in [0.15, 0.2) is 0 Å². The maximum atomic E-state index is 5.94. The monoisotopic (exact) mass is 199 g/mol. The number of fused-ring (bicyclic) bond motifs is 3. The Kier molecular flexibility index (Phi) is 1.39. The summed E-state index contributed by atoms with van der Waals surface area (Å²) in [6, 6.07) is 7.74. The minimum absolute atomic E-state index is 0.484. The predicted octanol–water partition coefficient (Wildman–Crippen LogP) is 1.28. The van der Waals surface area contributed by atoms with E-state index < -0.39 is 0 Å². The molecular formula is C10H9N5. The molecule has 0 radical (unpaired) electrons. The third-order valence-corrected chi connectivity index (χ3v) is 2.57. The Labute approximate surface area is 85.1 Å². The zero-order chi connectivity index (χ0) is 10.4. The lowest BCUT2D eigenvalue weighted by molar-refractivity contribution is 0.960. The van der Waals surface area contributed by atoms with E-state index in [0.717, 1.165) is 16.3 Å². The second-order valence-corrected chi connectivity index (χ2v) is 3.39. The summed E-state index contributed by atoms with van der Waals surface area (Å²) in [5.41, 5.74) is 14.3. The van der Waals surface area contributed by atoms with Crippen LogP contribution in [0.3, 0.4) is 0 Å². The summed E-state index contributed by atoms with van der Waals surface area (Å²) < 4.78 is 0. The number of aromatic amines is 1. The molecule has 0 aliphatic rings. The molecule has 5 nitrogen and oxygen atoms in total. The lowest BCUT2D eigenvalue weighted by Crippen LogP contribution is -1.97. The number of hydrogen-bond donors (Lipinski definition) is 3. The van der Waals surface area contributed by atoms with Crippen LogP contribution in [0, 0.1) is 0 Å². The van der Waals surface area contributed by atoms with Crippen molar-refractivity contribution in [1.29, 1.82) is 0 Å². The number of H-pyrrole nitrogens is 1. The molecule has 0 unspecified atom stereocenters. The molecule has 0 fully saturated rings. The standard InChI is InChI=1S/C10H9N5/c11-7-5-3-1-2-4-6(5)9-10(8(7)12)14-15-13-9/h1-4H,11-12H2,(H,13,14,15). The fraction of sp³-hybridized carbons (Fsp3) is 0. The first-order valence-corrected chi connectivity index (χ1v) is 4.55. The van der Waals surface area contributed by atoms with Crippen molar-refractivity contribution in [3.05, 3.63) is 24.3 Å². The molecule has 74 valence electrons. The Bertz CT molecular complexity index is 655. The molecule has 0 aliphatic carbocycles. The van der Waals surface area contributed by atoms with Crippen LogP contribution in [-0.2, 0) is 0 Å². The van der Waals surface area contributed by atoms with Gasteiger partial charge >= 0.3 is 0 Å². The van der Waals surface area contributed by atoms with Gasteiger partial charge < -0.3 is 11.5 Å². The van der Waals surface area contributed by atoms with Gasteiger partial charge in [-0.15, -0.1) is 0 Å². The zero-order valence-corrected chi connectivity index (χ0v) is 7.86. The Balaban J connectivity index is 2.70. The van der Waals surface area contributed by atoms with Crippen molar-refractivity contribution in [3.8, 4) is 0 Å². The number of benzene rings is 2. The molecule has 15 heavy (non-hydrogen) atoms. The van der Waals surface area contributed by atoms with Crippen LogP contribution in [0.1, 0.15) is 0 Å². The number of nitrogens with zero attached hydrogens (tertiary/aromatic N) is 2. The van der Waals surface area contributed by atoms with E-state index in [1.807, 2.05) is 24.3 Å². The Hall–Kier alpha value is -2.30. The number of nitrogen functional groups attached to an aromatic ring is 2. The van der Waals surface area contributed by atoms with Crippen molar-refractivity contribution in [2.75, 3.05) is 11.5 Å². The third-order valence-electron chi connectivity index (χ3n) is 2.57. The number of nitrogens with two attached hydrogens (primary N) is 2. The molecule has 1 aromatic heterocycles. The van der Waals surface area contributed by atoms with Gasteiger partial charge in [-0.25, -0.2) is 0 Å². The number of hydrogen-bond acceptors (Lipinski definition) is 4. The molecule has 0 bridgehead atoms. The molecule has 0 spiro atoms. The summed E-state index contributed by atoms with van der Waals surface area (Å²) in [7, 11) is 0. The van der Waals surface area contributed by atoms with E-state index in [0.29, 0.717) is 16.9 Å². The van der Waals surface area contributed by atoms with Crippen LogP contribution in [0.15, 0.2) is 24.3 Å². The Morgan fingerprint density at radius 2 is 1.53 bits per heavy atom. The van der Waals surface area contributed by atoms with Crippen LogP contribution in [0.25, 0.3) is 21.8 Å². The highest BCUT2D eigenvalue weighted by molar-refractivity contribution is 6.16. The van der Waals surface area contributed by atoms with E-state index in [2.05, 4.69) is 15.4 Å². The van der Waals surface area contributed by atoms with Gasteiger partial charge in [0, 0.05) is 10.8 Å². The summed E-state index contributed by atoms with van der Waals surface area (Å²) in [6.45, 7) is 0. The summed E-state index contributed by atoms with van der Waals surface area (Å²) in [5, 5.41) is 12.5. The summed E-state index contributed by atoms with van der Waals surface area (Å²) in [5.74, 6) is 0. The minimum Gasteiger partial charge on any atom is -0.396 e. The molecule has 0 atom stereocenters. The van der Waals surface area contributed by atoms with Crippen molar-refractivity contribution in [2.45, 2.75) is 0 Å². The fourth-order valence-electron chi connectivity index (χ4n) is 1.80. The number of anilines is 2. The van der Waals surface area contributed by atoms with Gasteiger partial charge in [0.2, 0.25) is 0 Å². The fourth-order valence-corrected chi connectivity index (χ4v) is 1.80. The minimum atomic E-state index is 0.484. The number of aromatic nitrogens is 3. The maximum Gasteiger partial charge on any atom is 0.138 e. The van der Waals surface area contributed by atoms with Gasteiger partial charge in [-0.05, 0) is 0 Å². The first-order chi connectivity index (χ1) is 7.29. The first-order valence-electron chi connectivity index (χ1n) is 4.55. The molecule has 0 aliphatic heterocycles. The molecule has 5 N–H and O–H groups in total. The van der Waals surface area contributed by atoms with Crippen molar-refractivity contribution in [2.24, 2.45) is 0 Å². The normalized spacial score (nSPS) is 11.2. The van der Waals surface area contributed by atoms with E-state index >= 15 is 0 Å². The maximum absolute atomic E-state index is 5.94. The molecule has 3 aromatic rings. The summed E-state index contributed by atoms with van der Waals surface area (Å²) >= 11 is 0. The molecule has 0 amide bonds. The lowest BCUT2D eigenvalue weighted by atomic mass is 10.1. The third kappa shape index (κ3) is 0.914. The quantitative estimate of drug-likeness (QED) is 0.375. The highest BCUT2D eigenvalue weighted by atomic mass is 15.3. The molecule has 2 aromatic carbocycles. The summed E-state index contributed by atoms with van der Waals surface area (Å²) in [4.78, 5) is 0. The van der Waals surface area contributed by atoms with E-state index in [9.17, 15) is 0 Å². The van der Waals surface area contributed by atoms with Crippen molar-refractivity contribution >= 4 is 33.2 Å². The smallest absolute Gasteiger partial charge is 0.138 e. The average Bonchev–Trinajstić information content (AvgIpc) is 2.75. The van der Waals surface area contributed by atoms with E-state index in [-0.39, 0.29) is 0 Å². The number of nitrogens with one attached hydrogen (secondary N) is 1. The van der Waals surface area contributed by atoms with Crippen molar-refractivity contribution in [1.82, 2.24) is 15.4 Å². The van der Waals surface area contributed by atoms with Crippen molar-refractivity contribution in [3.63, 3.8) is 0 Å². The highest BCUT2D eigenvalue weighted by Gasteiger charge is 2.12. The lowest BCUT2D eigenvalue weighted by Gasteiger charge is -2.05. The van der Waals surface area contributed by atoms with Crippen molar-refractivity contribution < 1.29 is 0 Å². The molecule has 1 heterocycles. The van der Waals surface area contributed by atoms with Crippen LogP contribution < -0.4 is 11.5 Å². The van der Waals surface area contributed by atoms with Gasteiger partial charge in [-0.2, -0.15) is 15.4 Å². The van der Waals surface area contributed by atoms with Gasteiger partial charge in [-0.1, -0.05) is 24.3 Å². The van der Waals surface area contributed by atoms with Crippen LogP contribution in [0.5, 0.6) is 0 Å². The SMILES string of the molecule is Nc1c(N)c2n[nH]nc2c2ccccc12. The number of rotatable bonds is 0. The Morgan fingerprint density at radius 3 is 2.33 bits per heavy atom. The molecular weight excluding hydrogens is 190 g/mol. The summed E-state index contributed by atoms with van der Waals surface area (Å²) in [6.07, 6.45) is 0. The van der Waals surface area contributed by atoms with Crippen LogP contribution in [-0.4, -0.2) is 15.4 Å². The molecule has 0 saturated carbocycles. The van der Waals surface area contributed by atoms with E-state index in [1.165, 1.54) is 0 Å². The first kappa shape index (κ1) is 8.05. The second kappa shape index (κ2) is 2.60. The molecule has 3 rings (SSSR count). The topological polar surface area (TPSA) is 93.6 Å². The average molecular weight is 199 g/mol. The van der Waals surface area contributed by atoms with Crippen LogP contribution in [0.4, 0.5) is 11.4 Å². The highest BCUT2D eigenvalue weighted by Crippen LogP contribution is 2.33. The van der Waals surface area contributed by atoms with Gasteiger partial charge in [-0.3, -0.25) is 0 Å². The van der Waals surface area contributed by atoms with E-state index in [4.69, 9.17) is 11.5 Å². The van der Waals surface area contributed by atoms with Crippen LogP contribution >= 0.6 is 0 Å².